The summed E-state index contributed by atoms with van der Waals surface area (Å²) in [6.45, 7) is 3.49. The van der Waals surface area contributed by atoms with E-state index in [2.05, 4.69) is 10.5 Å². The number of ether oxygens (including phenoxy) is 1. The molecule has 2 aromatic rings. The largest absolute Gasteiger partial charge is 0.483 e. The molecule has 23 heavy (non-hydrogen) atoms. The molecule has 0 spiro atoms. The zero-order chi connectivity index (χ0) is 16.8. The lowest BCUT2D eigenvalue weighted by Crippen LogP contribution is -2.25. The van der Waals surface area contributed by atoms with Crippen molar-refractivity contribution >= 4 is 34.8 Å². The van der Waals surface area contributed by atoms with Gasteiger partial charge >= 0.3 is 0 Å². The van der Waals surface area contributed by atoms with Crippen molar-refractivity contribution in [3.63, 3.8) is 0 Å². The molecule has 6 heteroatoms. The van der Waals surface area contributed by atoms with Crippen molar-refractivity contribution in [2.24, 2.45) is 5.10 Å². The molecule has 0 aliphatic heterocycles. The average Bonchev–Trinajstić information content (AvgIpc) is 2.52. The molecule has 0 saturated carbocycles. The van der Waals surface area contributed by atoms with Crippen molar-refractivity contribution in [2.75, 3.05) is 6.61 Å². The SMILES string of the molecule is CC(=NNC(=O)COc1ccc(Cl)cc1C)c1ccccc1Cl. The number of benzene rings is 2. The number of aryl methyl sites for hydroxylation is 1. The summed E-state index contributed by atoms with van der Waals surface area (Å²) in [5, 5.41) is 5.24. The summed E-state index contributed by atoms with van der Waals surface area (Å²) in [6.07, 6.45) is 0. The van der Waals surface area contributed by atoms with Crippen molar-refractivity contribution < 1.29 is 9.53 Å². The Morgan fingerprint density at radius 3 is 2.65 bits per heavy atom. The van der Waals surface area contributed by atoms with Crippen LogP contribution in [-0.2, 0) is 4.79 Å². The van der Waals surface area contributed by atoms with Crippen molar-refractivity contribution in [1.29, 1.82) is 0 Å². The standard InChI is InChI=1S/C17H16Cl2N2O2/c1-11-9-13(18)7-8-16(11)23-10-17(22)21-20-12(2)14-5-3-4-6-15(14)19/h3-9H,10H2,1-2H3,(H,21,22). The topological polar surface area (TPSA) is 50.7 Å². The van der Waals surface area contributed by atoms with Crippen LogP contribution < -0.4 is 10.2 Å². The maximum atomic E-state index is 11.8. The van der Waals surface area contributed by atoms with Gasteiger partial charge in [-0.05, 0) is 43.7 Å². The summed E-state index contributed by atoms with van der Waals surface area (Å²) in [6, 6.07) is 12.5. The maximum Gasteiger partial charge on any atom is 0.277 e. The highest BCUT2D eigenvalue weighted by Gasteiger charge is 2.06. The lowest BCUT2D eigenvalue weighted by Gasteiger charge is -2.09. The van der Waals surface area contributed by atoms with Gasteiger partial charge in [0.25, 0.3) is 5.91 Å². The van der Waals surface area contributed by atoms with Gasteiger partial charge < -0.3 is 4.74 Å². The number of hydrogen-bond donors (Lipinski definition) is 1. The summed E-state index contributed by atoms with van der Waals surface area (Å²) < 4.78 is 5.45. The monoisotopic (exact) mass is 350 g/mol. The molecule has 0 aromatic heterocycles. The zero-order valence-electron chi connectivity index (χ0n) is 12.8. The molecule has 2 rings (SSSR count). The van der Waals surface area contributed by atoms with Crippen LogP contribution in [0.15, 0.2) is 47.6 Å². The van der Waals surface area contributed by atoms with Crippen LogP contribution in [0.4, 0.5) is 0 Å². The molecule has 0 saturated heterocycles. The van der Waals surface area contributed by atoms with Gasteiger partial charge in [-0.1, -0.05) is 41.4 Å². The van der Waals surface area contributed by atoms with Crippen LogP contribution in [0.5, 0.6) is 5.75 Å². The molecular formula is C17H16Cl2N2O2. The molecule has 4 nitrogen and oxygen atoms in total. The Bertz CT molecular complexity index is 745. The molecule has 0 bridgehead atoms. The molecule has 120 valence electrons. The highest BCUT2D eigenvalue weighted by atomic mass is 35.5. The molecule has 1 N–H and O–H groups in total. The van der Waals surface area contributed by atoms with Crippen LogP contribution in [0.2, 0.25) is 10.0 Å². The first kappa shape index (κ1) is 17.3. The van der Waals surface area contributed by atoms with Crippen molar-refractivity contribution in [3.05, 3.63) is 63.6 Å². The van der Waals surface area contributed by atoms with E-state index in [-0.39, 0.29) is 12.5 Å². The van der Waals surface area contributed by atoms with Gasteiger partial charge in [0.15, 0.2) is 6.61 Å². The molecule has 0 fully saturated rings. The van der Waals surface area contributed by atoms with Crippen LogP contribution in [0, 0.1) is 6.92 Å². The van der Waals surface area contributed by atoms with Gasteiger partial charge in [-0.2, -0.15) is 5.10 Å². The normalized spacial score (nSPS) is 11.2. The lowest BCUT2D eigenvalue weighted by atomic mass is 10.1. The minimum absolute atomic E-state index is 0.137. The van der Waals surface area contributed by atoms with E-state index in [4.69, 9.17) is 27.9 Å². The molecule has 2 aromatic carbocycles. The van der Waals surface area contributed by atoms with Gasteiger partial charge in [-0.25, -0.2) is 5.43 Å². The Balaban J connectivity index is 1.92. The summed E-state index contributed by atoms with van der Waals surface area (Å²) in [7, 11) is 0. The predicted octanol–water partition coefficient (Wildman–Crippen LogP) is 4.22. The number of carbonyl (C=O) groups excluding carboxylic acids is 1. The second kappa shape index (κ2) is 7.99. The van der Waals surface area contributed by atoms with Gasteiger partial charge in [-0.15, -0.1) is 0 Å². The fourth-order valence-electron chi connectivity index (χ4n) is 1.91. The molecule has 0 radical (unpaired) electrons. The Labute approximate surface area is 145 Å². The molecule has 0 unspecified atom stereocenters. The van der Waals surface area contributed by atoms with E-state index in [1.54, 1.807) is 31.2 Å². The first-order valence-electron chi connectivity index (χ1n) is 6.94. The fraction of sp³-hybridized carbons (Fsp3) is 0.176. The van der Waals surface area contributed by atoms with Crippen LogP contribution in [0.1, 0.15) is 18.1 Å². The number of hydrazone groups is 1. The van der Waals surface area contributed by atoms with E-state index in [1.165, 1.54) is 0 Å². The number of carbonyl (C=O) groups is 1. The Kier molecular flexibility index (Phi) is 6.02. The average molecular weight is 351 g/mol. The number of hydrogen-bond acceptors (Lipinski definition) is 3. The van der Waals surface area contributed by atoms with Gasteiger partial charge in [0.1, 0.15) is 5.75 Å². The first-order valence-corrected chi connectivity index (χ1v) is 7.70. The van der Waals surface area contributed by atoms with Crippen molar-refractivity contribution in [3.8, 4) is 5.75 Å². The fourth-order valence-corrected chi connectivity index (χ4v) is 2.41. The minimum atomic E-state index is -0.356. The van der Waals surface area contributed by atoms with E-state index in [0.29, 0.717) is 21.5 Å². The second-order valence-electron chi connectivity index (χ2n) is 4.91. The van der Waals surface area contributed by atoms with Crippen LogP contribution in [0.25, 0.3) is 0 Å². The molecule has 0 heterocycles. The molecular weight excluding hydrogens is 335 g/mol. The summed E-state index contributed by atoms with van der Waals surface area (Å²) >= 11 is 11.9. The smallest absolute Gasteiger partial charge is 0.277 e. The quantitative estimate of drug-likeness (QED) is 0.648. The minimum Gasteiger partial charge on any atom is -0.483 e. The Morgan fingerprint density at radius 1 is 1.22 bits per heavy atom. The van der Waals surface area contributed by atoms with Crippen molar-refractivity contribution in [1.82, 2.24) is 5.43 Å². The molecule has 0 aliphatic rings. The van der Waals surface area contributed by atoms with Gasteiger partial charge in [0.2, 0.25) is 0 Å². The number of halogens is 2. The van der Waals surface area contributed by atoms with E-state index < -0.39 is 0 Å². The number of rotatable bonds is 5. The van der Waals surface area contributed by atoms with Crippen LogP contribution in [0.3, 0.4) is 0 Å². The van der Waals surface area contributed by atoms with E-state index in [1.807, 2.05) is 25.1 Å². The summed E-state index contributed by atoms with van der Waals surface area (Å²) in [5.74, 6) is 0.252. The highest BCUT2D eigenvalue weighted by Crippen LogP contribution is 2.21. The summed E-state index contributed by atoms with van der Waals surface area (Å²) in [5.41, 5.74) is 4.70. The molecule has 1 amide bonds. The Morgan fingerprint density at radius 2 is 1.96 bits per heavy atom. The van der Waals surface area contributed by atoms with Gasteiger partial charge in [0, 0.05) is 15.6 Å². The summed E-state index contributed by atoms with van der Waals surface area (Å²) in [4.78, 5) is 11.8. The van der Waals surface area contributed by atoms with Crippen LogP contribution in [-0.4, -0.2) is 18.2 Å². The number of nitrogens with one attached hydrogen (secondary N) is 1. The molecule has 0 atom stereocenters. The zero-order valence-corrected chi connectivity index (χ0v) is 14.3. The van der Waals surface area contributed by atoms with Gasteiger partial charge in [0.05, 0.1) is 5.71 Å². The lowest BCUT2D eigenvalue weighted by molar-refractivity contribution is -0.123. The third-order valence-corrected chi connectivity index (χ3v) is 3.67. The molecule has 0 aliphatic carbocycles. The number of nitrogens with zero attached hydrogens (tertiary/aromatic N) is 1. The highest BCUT2D eigenvalue weighted by molar-refractivity contribution is 6.34. The van der Waals surface area contributed by atoms with E-state index >= 15 is 0 Å². The predicted molar refractivity (Wildman–Crippen MR) is 93.5 cm³/mol. The van der Waals surface area contributed by atoms with Gasteiger partial charge in [-0.3, -0.25) is 4.79 Å². The first-order chi connectivity index (χ1) is 11.0. The Hall–Kier alpha value is -2.04. The van der Waals surface area contributed by atoms with Crippen LogP contribution >= 0.6 is 23.2 Å². The number of amides is 1. The third kappa shape index (κ3) is 4.98. The van der Waals surface area contributed by atoms with Crippen molar-refractivity contribution in [2.45, 2.75) is 13.8 Å². The van der Waals surface area contributed by atoms with E-state index in [9.17, 15) is 4.79 Å². The van der Waals surface area contributed by atoms with E-state index in [0.717, 1.165) is 11.1 Å². The maximum absolute atomic E-state index is 11.8. The third-order valence-electron chi connectivity index (χ3n) is 3.11. The second-order valence-corrected chi connectivity index (χ2v) is 5.75.